The Bertz CT molecular complexity index is 496. The van der Waals surface area contributed by atoms with Crippen LogP contribution in [0.1, 0.15) is 36.5 Å². The van der Waals surface area contributed by atoms with Crippen molar-refractivity contribution >= 4 is 17.6 Å². The van der Waals surface area contributed by atoms with Gasteiger partial charge in [-0.1, -0.05) is 6.07 Å². The number of anilines is 1. The number of amides is 1. The highest BCUT2D eigenvalue weighted by Crippen LogP contribution is 2.16. The van der Waals surface area contributed by atoms with Crippen LogP contribution in [0.3, 0.4) is 0 Å². The maximum Gasteiger partial charge on any atom is 0.338 e. The fourth-order valence-electron chi connectivity index (χ4n) is 2.46. The lowest BCUT2D eigenvalue weighted by molar-refractivity contribution is -0.116. The molecule has 2 rings (SSSR count). The minimum atomic E-state index is -0.370. The second-order valence-electron chi connectivity index (χ2n) is 5.25. The predicted octanol–water partition coefficient (Wildman–Crippen LogP) is 2.19. The summed E-state index contributed by atoms with van der Waals surface area (Å²) in [5, 5.41) is 6.13. The lowest BCUT2D eigenvalue weighted by Gasteiger charge is -2.09. The monoisotopic (exact) mass is 290 g/mol. The highest BCUT2D eigenvalue weighted by Gasteiger charge is 2.16. The van der Waals surface area contributed by atoms with E-state index in [0.717, 1.165) is 25.9 Å². The summed E-state index contributed by atoms with van der Waals surface area (Å²) in [5.41, 5.74) is 1.09. The van der Waals surface area contributed by atoms with Gasteiger partial charge in [0, 0.05) is 12.1 Å². The first-order chi connectivity index (χ1) is 10.2. The van der Waals surface area contributed by atoms with E-state index in [0.29, 0.717) is 30.2 Å². The molecular weight excluding hydrogens is 268 g/mol. The van der Waals surface area contributed by atoms with Crippen LogP contribution in [0.2, 0.25) is 0 Å². The van der Waals surface area contributed by atoms with E-state index in [2.05, 4.69) is 10.6 Å². The highest BCUT2D eigenvalue weighted by atomic mass is 16.5. The second kappa shape index (κ2) is 7.78. The number of esters is 1. The van der Waals surface area contributed by atoms with Gasteiger partial charge in [0.15, 0.2) is 0 Å². The summed E-state index contributed by atoms with van der Waals surface area (Å²) < 4.78 is 4.94. The zero-order chi connectivity index (χ0) is 15.1. The van der Waals surface area contributed by atoms with Crippen molar-refractivity contribution in [3.63, 3.8) is 0 Å². The molecule has 1 saturated heterocycles. The van der Waals surface area contributed by atoms with Crippen LogP contribution in [-0.4, -0.2) is 31.6 Å². The van der Waals surface area contributed by atoms with Crippen molar-refractivity contribution in [1.82, 2.24) is 5.32 Å². The summed E-state index contributed by atoms with van der Waals surface area (Å²) in [6, 6.07) is 6.84. The van der Waals surface area contributed by atoms with Gasteiger partial charge < -0.3 is 15.4 Å². The highest BCUT2D eigenvalue weighted by molar-refractivity contribution is 5.94. The van der Waals surface area contributed by atoms with Crippen LogP contribution >= 0.6 is 0 Å². The Morgan fingerprint density at radius 2 is 2.29 bits per heavy atom. The Labute approximate surface area is 125 Å². The number of carbonyl (C=O) groups excluding carboxylic acids is 2. The van der Waals surface area contributed by atoms with Crippen molar-refractivity contribution < 1.29 is 14.3 Å². The third kappa shape index (κ3) is 4.86. The average Bonchev–Trinajstić information content (AvgIpc) is 2.99. The van der Waals surface area contributed by atoms with E-state index in [4.69, 9.17) is 4.74 Å². The van der Waals surface area contributed by atoms with Crippen molar-refractivity contribution in [1.29, 1.82) is 0 Å². The van der Waals surface area contributed by atoms with Gasteiger partial charge in [0.25, 0.3) is 0 Å². The molecule has 2 N–H and O–H groups in total. The normalized spacial score (nSPS) is 17.5. The summed E-state index contributed by atoms with van der Waals surface area (Å²) in [5.74, 6) is 0.218. The molecule has 1 aromatic carbocycles. The Morgan fingerprint density at radius 3 is 3.00 bits per heavy atom. The zero-order valence-electron chi connectivity index (χ0n) is 12.4. The van der Waals surface area contributed by atoms with Gasteiger partial charge in [-0.15, -0.1) is 0 Å². The van der Waals surface area contributed by atoms with Gasteiger partial charge >= 0.3 is 5.97 Å². The Kier molecular flexibility index (Phi) is 5.75. The van der Waals surface area contributed by atoms with Crippen molar-refractivity contribution in [2.75, 3.05) is 25.0 Å². The second-order valence-corrected chi connectivity index (χ2v) is 5.25. The van der Waals surface area contributed by atoms with Crippen LogP contribution in [0.5, 0.6) is 0 Å². The summed E-state index contributed by atoms with van der Waals surface area (Å²) in [6.07, 6.45) is 2.55. The molecule has 1 aliphatic heterocycles. The van der Waals surface area contributed by atoms with Crippen molar-refractivity contribution in [2.24, 2.45) is 5.92 Å². The number of hydrogen-bond donors (Lipinski definition) is 2. The molecule has 0 bridgehead atoms. The third-order valence-electron chi connectivity index (χ3n) is 3.60. The first-order valence-corrected chi connectivity index (χ1v) is 7.46. The number of ether oxygens (including phenoxy) is 1. The molecule has 1 aromatic rings. The zero-order valence-corrected chi connectivity index (χ0v) is 12.4. The van der Waals surface area contributed by atoms with E-state index in [1.165, 1.54) is 0 Å². The maximum absolute atomic E-state index is 11.9. The van der Waals surface area contributed by atoms with Gasteiger partial charge in [0.2, 0.25) is 5.91 Å². The minimum Gasteiger partial charge on any atom is -0.462 e. The number of nitrogens with one attached hydrogen (secondary N) is 2. The van der Waals surface area contributed by atoms with Crippen molar-refractivity contribution in [2.45, 2.75) is 26.2 Å². The molecule has 1 amide bonds. The van der Waals surface area contributed by atoms with Crippen LogP contribution in [0.15, 0.2) is 24.3 Å². The third-order valence-corrected chi connectivity index (χ3v) is 3.60. The number of benzene rings is 1. The van der Waals surface area contributed by atoms with E-state index in [9.17, 15) is 9.59 Å². The van der Waals surface area contributed by atoms with Gasteiger partial charge in [-0.3, -0.25) is 4.79 Å². The molecule has 0 aliphatic carbocycles. The van der Waals surface area contributed by atoms with Gasteiger partial charge in [-0.25, -0.2) is 4.79 Å². The SMILES string of the molecule is CCOC(=O)c1cccc(NC(=O)CCC2CCNC2)c1. The van der Waals surface area contributed by atoms with Gasteiger partial charge in [0.1, 0.15) is 0 Å². The molecular formula is C16H22N2O3. The Balaban J connectivity index is 1.85. The predicted molar refractivity (Wildman–Crippen MR) is 81.2 cm³/mol. The van der Waals surface area contributed by atoms with E-state index in [1.807, 2.05) is 0 Å². The van der Waals surface area contributed by atoms with Gasteiger partial charge in [-0.2, -0.15) is 0 Å². The van der Waals surface area contributed by atoms with E-state index >= 15 is 0 Å². The van der Waals surface area contributed by atoms with E-state index in [1.54, 1.807) is 31.2 Å². The molecule has 5 nitrogen and oxygen atoms in total. The topological polar surface area (TPSA) is 67.4 Å². The first-order valence-electron chi connectivity index (χ1n) is 7.46. The lowest BCUT2D eigenvalue weighted by Crippen LogP contribution is -2.15. The van der Waals surface area contributed by atoms with Crippen LogP contribution in [-0.2, 0) is 9.53 Å². The van der Waals surface area contributed by atoms with Crippen LogP contribution < -0.4 is 10.6 Å². The van der Waals surface area contributed by atoms with Gasteiger partial charge in [-0.05, 0) is 57.0 Å². The minimum absolute atomic E-state index is 0.0112. The Morgan fingerprint density at radius 1 is 1.43 bits per heavy atom. The summed E-state index contributed by atoms with van der Waals surface area (Å²) >= 11 is 0. The Hall–Kier alpha value is -1.88. The number of hydrogen-bond acceptors (Lipinski definition) is 4. The molecule has 0 radical (unpaired) electrons. The average molecular weight is 290 g/mol. The van der Waals surface area contributed by atoms with Crippen LogP contribution in [0.4, 0.5) is 5.69 Å². The molecule has 1 fully saturated rings. The standard InChI is InChI=1S/C16H22N2O3/c1-2-21-16(20)13-4-3-5-14(10-13)18-15(19)7-6-12-8-9-17-11-12/h3-5,10,12,17H,2,6-9,11H2,1H3,(H,18,19). The molecule has 0 spiro atoms. The molecule has 114 valence electrons. The largest absolute Gasteiger partial charge is 0.462 e. The quantitative estimate of drug-likeness (QED) is 0.788. The fraction of sp³-hybridized carbons (Fsp3) is 0.500. The number of rotatable bonds is 6. The molecule has 5 heteroatoms. The molecule has 1 unspecified atom stereocenters. The smallest absolute Gasteiger partial charge is 0.338 e. The molecule has 1 aliphatic rings. The summed E-state index contributed by atoms with van der Waals surface area (Å²) in [7, 11) is 0. The summed E-state index contributed by atoms with van der Waals surface area (Å²) in [4.78, 5) is 23.6. The lowest BCUT2D eigenvalue weighted by atomic mass is 10.0. The van der Waals surface area contributed by atoms with E-state index in [-0.39, 0.29) is 11.9 Å². The molecule has 1 heterocycles. The van der Waals surface area contributed by atoms with Crippen LogP contribution in [0.25, 0.3) is 0 Å². The van der Waals surface area contributed by atoms with Crippen molar-refractivity contribution in [3.05, 3.63) is 29.8 Å². The van der Waals surface area contributed by atoms with Crippen LogP contribution in [0, 0.1) is 5.92 Å². The first kappa shape index (κ1) is 15.5. The summed E-state index contributed by atoms with van der Waals surface area (Å²) in [6.45, 7) is 4.16. The fourth-order valence-corrected chi connectivity index (χ4v) is 2.46. The number of carbonyl (C=O) groups is 2. The van der Waals surface area contributed by atoms with E-state index < -0.39 is 0 Å². The molecule has 0 saturated carbocycles. The molecule has 1 atom stereocenters. The molecule has 21 heavy (non-hydrogen) atoms. The van der Waals surface area contributed by atoms with Gasteiger partial charge in [0.05, 0.1) is 12.2 Å². The van der Waals surface area contributed by atoms with Crippen molar-refractivity contribution in [3.8, 4) is 0 Å². The maximum atomic E-state index is 11.9. The molecule has 0 aromatic heterocycles.